The van der Waals surface area contributed by atoms with Gasteiger partial charge >= 0.3 is 5.97 Å². The lowest BCUT2D eigenvalue weighted by Crippen LogP contribution is -2.40. The highest BCUT2D eigenvalue weighted by Gasteiger charge is 2.39. The van der Waals surface area contributed by atoms with Crippen LogP contribution in [0.4, 0.5) is 0 Å². The molecule has 2 aromatic carbocycles. The Bertz CT molecular complexity index is 857. The fourth-order valence-corrected chi connectivity index (χ4v) is 4.28. The Hall–Kier alpha value is -2.82. The van der Waals surface area contributed by atoms with Crippen molar-refractivity contribution in [3.05, 3.63) is 65.2 Å². The normalized spacial score (nSPS) is 22.1. The number of carbonyl (C=O) groups is 2. The Balaban J connectivity index is 1.47. The van der Waals surface area contributed by atoms with Gasteiger partial charge in [0.15, 0.2) is 0 Å². The van der Waals surface area contributed by atoms with Gasteiger partial charge in [0.05, 0.1) is 6.04 Å². The molecule has 1 fully saturated rings. The lowest BCUT2D eigenvalue weighted by molar-refractivity contribution is -0.139. The molecule has 3 atom stereocenters. The van der Waals surface area contributed by atoms with Gasteiger partial charge in [0, 0.05) is 6.42 Å². The van der Waals surface area contributed by atoms with Crippen molar-refractivity contribution in [2.45, 2.75) is 43.6 Å². The van der Waals surface area contributed by atoms with E-state index < -0.39 is 17.9 Å². The molecule has 0 aromatic heterocycles. The number of phenols is 1. The third-order valence-corrected chi connectivity index (χ3v) is 5.76. The minimum absolute atomic E-state index is 0.107. The molecule has 3 unspecified atom stereocenters. The van der Waals surface area contributed by atoms with Gasteiger partial charge in [-0.05, 0) is 59.9 Å². The van der Waals surface area contributed by atoms with Crippen LogP contribution in [0.25, 0.3) is 0 Å². The molecule has 0 bridgehead atoms. The van der Waals surface area contributed by atoms with Crippen molar-refractivity contribution in [2.75, 3.05) is 0 Å². The van der Waals surface area contributed by atoms with E-state index >= 15 is 0 Å². The Morgan fingerprint density at radius 3 is 2.44 bits per heavy atom. The number of phenolic OH excluding ortho intramolecular Hbond substituents is 1. The van der Waals surface area contributed by atoms with Crippen molar-refractivity contribution < 1.29 is 19.8 Å². The Kier molecular flexibility index (Phi) is 4.60. The predicted molar refractivity (Wildman–Crippen MR) is 101 cm³/mol. The molecule has 0 saturated heterocycles. The zero-order chi connectivity index (χ0) is 19.0. The van der Waals surface area contributed by atoms with Crippen LogP contribution in [0.2, 0.25) is 0 Å². The molecule has 27 heavy (non-hydrogen) atoms. The van der Waals surface area contributed by atoms with E-state index in [4.69, 9.17) is 0 Å². The van der Waals surface area contributed by atoms with Crippen LogP contribution in [0.5, 0.6) is 5.75 Å². The van der Waals surface area contributed by atoms with Gasteiger partial charge in [0.25, 0.3) is 0 Å². The number of rotatable bonds is 6. The van der Waals surface area contributed by atoms with E-state index in [2.05, 4.69) is 5.32 Å². The van der Waals surface area contributed by atoms with Gasteiger partial charge in [-0.3, -0.25) is 9.59 Å². The Morgan fingerprint density at radius 2 is 1.78 bits per heavy atom. The number of fused-ring (bicyclic) bond motifs is 1. The maximum Gasteiger partial charge on any atom is 0.313 e. The number of carboxylic acids is 1. The quantitative estimate of drug-likeness (QED) is 0.734. The van der Waals surface area contributed by atoms with Crippen molar-refractivity contribution in [2.24, 2.45) is 5.92 Å². The van der Waals surface area contributed by atoms with Crippen molar-refractivity contribution in [1.29, 1.82) is 0 Å². The van der Waals surface area contributed by atoms with Crippen molar-refractivity contribution >= 4 is 11.9 Å². The molecule has 4 rings (SSSR count). The van der Waals surface area contributed by atoms with Gasteiger partial charge in [0.1, 0.15) is 11.7 Å². The third kappa shape index (κ3) is 3.68. The summed E-state index contributed by atoms with van der Waals surface area (Å²) in [5, 5.41) is 22.1. The van der Waals surface area contributed by atoms with E-state index in [1.165, 1.54) is 0 Å². The van der Waals surface area contributed by atoms with Gasteiger partial charge in [-0.25, -0.2) is 0 Å². The van der Waals surface area contributed by atoms with Gasteiger partial charge in [-0.1, -0.05) is 36.4 Å². The number of hydrogen-bond acceptors (Lipinski definition) is 3. The molecule has 1 amide bonds. The van der Waals surface area contributed by atoms with E-state index in [1.807, 2.05) is 36.4 Å². The fourth-order valence-electron chi connectivity index (χ4n) is 4.28. The summed E-state index contributed by atoms with van der Waals surface area (Å²) in [4.78, 5) is 24.5. The molecule has 1 saturated carbocycles. The highest BCUT2D eigenvalue weighted by molar-refractivity contribution is 5.83. The van der Waals surface area contributed by atoms with E-state index in [1.54, 1.807) is 12.1 Å². The number of benzene rings is 2. The summed E-state index contributed by atoms with van der Waals surface area (Å²) >= 11 is 0. The second kappa shape index (κ2) is 7.06. The second-order valence-corrected chi connectivity index (χ2v) is 7.63. The SMILES string of the molecule is O=C(CC(c1ccc(O)cc1)C1CC1)NC1Cc2ccccc2C1C(=O)O. The fraction of sp³-hybridized carbons (Fsp3) is 0.364. The first kappa shape index (κ1) is 17.6. The number of carboxylic acid groups (broad SMARTS) is 1. The van der Waals surface area contributed by atoms with Crippen molar-refractivity contribution in [3.63, 3.8) is 0 Å². The zero-order valence-electron chi connectivity index (χ0n) is 15.0. The summed E-state index contributed by atoms with van der Waals surface area (Å²) in [6.45, 7) is 0. The summed E-state index contributed by atoms with van der Waals surface area (Å²) in [5.74, 6) is -0.899. The van der Waals surface area contributed by atoms with Gasteiger partial charge < -0.3 is 15.5 Å². The van der Waals surface area contributed by atoms with Crippen LogP contribution in [-0.2, 0) is 16.0 Å². The predicted octanol–water partition coefficient (Wildman–Crippen LogP) is 3.19. The average Bonchev–Trinajstić information content (AvgIpc) is 3.41. The molecule has 3 N–H and O–H groups in total. The monoisotopic (exact) mass is 365 g/mol. The van der Waals surface area contributed by atoms with Crippen LogP contribution in [0.3, 0.4) is 0 Å². The van der Waals surface area contributed by atoms with Crippen molar-refractivity contribution in [3.8, 4) is 5.75 Å². The minimum Gasteiger partial charge on any atom is -0.508 e. The van der Waals surface area contributed by atoms with Crippen LogP contribution < -0.4 is 5.32 Å². The largest absolute Gasteiger partial charge is 0.508 e. The number of hydrogen-bond donors (Lipinski definition) is 3. The Labute approximate surface area is 158 Å². The molecular weight excluding hydrogens is 342 g/mol. The summed E-state index contributed by atoms with van der Waals surface area (Å²) in [5.41, 5.74) is 2.84. The number of carbonyl (C=O) groups excluding carboxylic acids is 1. The Morgan fingerprint density at radius 1 is 1.07 bits per heavy atom. The second-order valence-electron chi connectivity index (χ2n) is 7.63. The number of aliphatic carboxylic acids is 1. The van der Waals surface area contributed by atoms with Crippen molar-refractivity contribution in [1.82, 2.24) is 5.32 Å². The van der Waals surface area contributed by atoms with E-state index in [0.717, 1.165) is 29.5 Å². The molecule has 5 nitrogen and oxygen atoms in total. The van der Waals surface area contributed by atoms with Crippen LogP contribution in [-0.4, -0.2) is 28.1 Å². The zero-order valence-corrected chi connectivity index (χ0v) is 15.0. The number of aromatic hydroxyl groups is 1. The standard InChI is InChI=1S/C22H23NO4/c24-16-9-7-14(8-10-16)18(13-5-6-13)12-20(25)23-19-11-15-3-1-2-4-17(15)21(19)22(26)27/h1-4,7-10,13,18-19,21,24H,5-6,11-12H2,(H,23,25)(H,26,27). The molecule has 0 heterocycles. The highest BCUT2D eigenvalue weighted by Crippen LogP contribution is 2.45. The molecule has 2 aliphatic rings. The van der Waals surface area contributed by atoms with Crippen LogP contribution in [0.1, 0.15) is 47.8 Å². The first-order valence-corrected chi connectivity index (χ1v) is 9.42. The third-order valence-electron chi connectivity index (χ3n) is 5.76. The minimum atomic E-state index is -0.900. The summed E-state index contributed by atoms with van der Waals surface area (Å²) < 4.78 is 0. The molecule has 2 aliphatic carbocycles. The van der Waals surface area contributed by atoms with Gasteiger partial charge in [0.2, 0.25) is 5.91 Å². The lowest BCUT2D eigenvalue weighted by atomic mass is 9.90. The molecule has 140 valence electrons. The molecular formula is C22H23NO4. The molecule has 0 radical (unpaired) electrons. The summed E-state index contributed by atoms with van der Waals surface area (Å²) in [7, 11) is 0. The highest BCUT2D eigenvalue weighted by atomic mass is 16.4. The maximum absolute atomic E-state index is 12.7. The average molecular weight is 365 g/mol. The molecule has 5 heteroatoms. The van der Waals surface area contributed by atoms with E-state index in [9.17, 15) is 19.8 Å². The number of nitrogens with one attached hydrogen (secondary N) is 1. The topological polar surface area (TPSA) is 86.6 Å². The smallest absolute Gasteiger partial charge is 0.313 e. The molecule has 0 aliphatic heterocycles. The van der Waals surface area contributed by atoms with E-state index in [-0.39, 0.29) is 17.6 Å². The molecule has 2 aromatic rings. The van der Waals surface area contributed by atoms with Gasteiger partial charge in [-0.2, -0.15) is 0 Å². The van der Waals surface area contributed by atoms with Gasteiger partial charge in [-0.15, -0.1) is 0 Å². The van der Waals surface area contributed by atoms with Crippen LogP contribution in [0.15, 0.2) is 48.5 Å². The molecule has 0 spiro atoms. The lowest BCUT2D eigenvalue weighted by Gasteiger charge is -2.21. The van der Waals surface area contributed by atoms with Crippen LogP contribution in [0, 0.1) is 5.92 Å². The first-order valence-electron chi connectivity index (χ1n) is 9.42. The van der Waals surface area contributed by atoms with Crippen LogP contribution >= 0.6 is 0 Å². The first-order chi connectivity index (χ1) is 13.0. The maximum atomic E-state index is 12.7. The summed E-state index contributed by atoms with van der Waals surface area (Å²) in [6, 6.07) is 14.1. The summed E-state index contributed by atoms with van der Waals surface area (Å²) in [6.07, 6.45) is 3.09. The van der Waals surface area contributed by atoms with E-state index in [0.29, 0.717) is 18.8 Å². The number of amides is 1.